The summed E-state index contributed by atoms with van der Waals surface area (Å²) in [4.78, 5) is 12.9. The first-order valence-electron chi connectivity index (χ1n) is 9.96. The second kappa shape index (κ2) is 9.15. The molecule has 0 aliphatic rings. The quantitative estimate of drug-likeness (QED) is 0.241. The summed E-state index contributed by atoms with van der Waals surface area (Å²) in [5.74, 6) is 5.65. The van der Waals surface area contributed by atoms with Crippen molar-refractivity contribution in [2.24, 2.45) is 15.9 Å². The van der Waals surface area contributed by atoms with Gasteiger partial charge < -0.3 is 16.1 Å². The topological polar surface area (TPSA) is 107 Å². The number of benzene rings is 2. The molecule has 0 fully saturated rings. The number of halogens is 2. The van der Waals surface area contributed by atoms with E-state index in [1.165, 1.54) is 18.6 Å². The van der Waals surface area contributed by atoms with E-state index in [-0.39, 0.29) is 11.7 Å². The number of aromatic nitrogens is 3. The molecule has 2 heterocycles. The maximum Gasteiger partial charge on any atom is 0.148 e. The van der Waals surface area contributed by atoms with Gasteiger partial charge in [0, 0.05) is 16.8 Å². The van der Waals surface area contributed by atoms with E-state index in [1.54, 1.807) is 18.2 Å². The fourth-order valence-corrected chi connectivity index (χ4v) is 3.77. The SMILES string of the molecule is CCC(C(C=Nc1ccccc1F)=NN)n1cc(-c2ccc(Cl)cc2)c2c(N)ncnc21. The Labute approximate surface area is 189 Å². The van der Waals surface area contributed by atoms with E-state index in [0.717, 1.165) is 16.5 Å². The van der Waals surface area contributed by atoms with Crippen molar-refractivity contribution >= 4 is 46.1 Å². The Morgan fingerprint density at radius 2 is 1.94 bits per heavy atom. The van der Waals surface area contributed by atoms with Gasteiger partial charge in [0.2, 0.25) is 0 Å². The third-order valence-electron chi connectivity index (χ3n) is 5.20. The summed E-state index contributed by atoms with van der Waals surface area (Å²) < 4.78 is 15.9. The Hall–Kier alpha value is -3.78. The molecule has 4 aromatic rings. The molecular formula is C23H21ClFN7. The summed E-state index contributed by atoms with van der Waals surface area (Å²) in [6, 6.07) is 13.4. The largest absolute Gasteiger partial charge is 0.383 e. The van der Waals surface area contributed by atoms with Gasteiger partial charge in [-0.25, -0.2) is 14.4 Å². The molecule has 1 unspecified atom stereocenters. The number of fused-ring (bicyclic) bond motifs is 1. The third kappa shape index (κ3) is 4.04. The van der Waals surface area contributed by atoms with Gasteiger partial charge in [-0.1, -0.05) is 42.8 Å². The minimum atomic E-state index is -0.426. The van der Waals surface area contributed by atoms with Gasteiger partial charge in [0.25, 0.3) is 0 Å². The van der Waals surface area contributed by atoms with Crippen LogP contribution in [0.25, 0.3) is 22.2 Å². The average molecular weight is 450 g/mol. The maximum atomic E-state index is 14.0. The number of para-hydroxylation sites is 1. The molecule has 4 rings (SSSR count). The predicted molar refractivity (Wildman–Crippen MR) is 128 cm³/mol. The van der Waals surface area contributed by atoms with Crippen LogP contribution in [-0.2, 0) is 0 Å². The predicted octanol–water partition coefficient (Wildman–Crippen LogP) is 5.14. The van der Waals surface area contributed by atoms with Crippen molar-refractivity contribution in [1.82, 2.24) is 14.5 Å². The zero-order chi connectivity index (χ0) is 22.7. The highest BCUT2D eigenvalue weighted by atomic mass is 35.5. The zero-order valence-corrected chi connectivity index (χ0v) is 18.0. The molecule has 9 heteroatoms. The highest BCUT2D eigenvalue weighted by Gasteiger charge is 2.22. The minimum absolute atomic E-state index is 0.203. The Kier molecular flexibility index (Phi) is 6.13. The molecule has 0 spiro atoms. The fourth-order valence-electron chi connectivity index (χ4n) is 3.64. The van der Waals surface area contributed by atoms with Crippen LogP contribution in [0.2, 0.25) is 5.02 Å². The van der Waals surface area contributed by atoms with E-state index >= 15 is 0 Å². The molecule has 0 saturated carbocycles. The van der Waals surface area contributed by atoms with Crippen molar-refractivity contribution in [2.45, 2.75) is 19.4 Å². The molecule has 2 aromatic carbocycles. The number of hydrogen-bond acceptors (Lipinski definition) is 6. The second-order valence-corrected chi connectivity index (χ2v) is 7.54. The Balaban J connectivity index is 1.83. The maximum absolute atomic E-state index is 14.0. The molecule has 7 nitrogen and oxygen atoms in total. The number of hydrogen-bond donors (Lipinski definition) is 2. The molecule has 1 atom stereocenters. The summed E-state index contributed by atoms with van der Waals surface area (Å²) in [5, 5.41) is 5.29. The summed E-state index contributed by atoms with van der Waals surface area (Å²) in [7, 11) is 0. The fraction of sp³-hybridized carbons (Fsp3) is 0.130. The standard InChI is InChI=1S/C23H21ClFN7/c1-2-20(19(31-27)11-28-18-6-4-3-5-17(18)25)32-12-16(14-7-9-15(24)10-8-14)21-22(26)29-13-30-23(21)32/h3-13,20H,2,27H2,1H3,(H2,26,29,30). The molecule has 0 aliphatic carbocycles. The first kappa shape index (κ1) is 21.5. The van der Waals surface area contributed by atoms with E-state index in [9.17, 15) is 4.39 Å². The van der Waals surface area contributed by atoms with Gasteiger partial charge in [0.05, 0.1) is 23.3 Å². The molecule has 2 aromatic heterocycles. The molecule has 0 aliphatic heterocycles. The van der Waals surface area contributed by atoms with Crippen LogP contribution in [0.1, 0.15) is 19.4 Å². The van der Waals surface area contributed by atoms with Crippen molar-refractivity contribution < 1.29 is 4.39 Å². The number of nitrogens with two attached hydrogens (primary N) is 2. The third-order valence-corrected chi connectivity index (χ3v) is 5.45. The number of hydrazone groups is 1. The second-order valence-electron chi connectivity index (χ2n) is 7.10. The van der Waals surface area contributed by atoms with Gasteiger partial charge in [-0.15, -0.1) is 0 Å². The van der Waals surface area contributed by atoms with Gasteiger partial charge in [-0.2, -0.15) is 5.10 Å². The van der Waals surface area contributed by atoms with E-state index in [2.05, 4.69) is 20.1 Å². The summed E-state index contributed by atoms with van der Waals surface area (Å²) >= 11 is 6.06. The lowest BCUT2D eigenvalue weighted by molar-refractivity contribution is 0.629. The summed E-state index contributed by atoms with van der Waals surface area (Å²) in [6.45, 7) is 1.99. The van der Waals surface area contributed by atoms with Crippen molar-refractivity contribution in [3.05, 3.63) is 71.9 Å². The van der Waals surface area contributed by atoms with Crippen LogP contribution < -0.4 is 11.6 Å². The smallest absolute Gasteiger partial charge is 0.148 e. The van der Waals surface area contributed by atoms with Crippen LogP contribution in [0.5, 0.6) is 0 Å². The first-order valence-corrected chi connectivity index (χ1v) is 10.3. The van der Waals surface area contributed by atoms with Crippen molar-refractivity contribution in [3.8, 4) is 11.1 Å². The van der Waals surface area contributed by atoms with Crippen LogP contribution in [0, 0.1) is 5.82 Å². The van der Waals surface area contributed by atoms with Gasteiger partial charge >= 0.3 is 0 Å². The van der Waals surface area contributed by atoms with E-state index < -0.39 is 5.82 Å². The highest BCUT2D eigenvalue weighted by Crippen LogP contribution is 2.35. The number of rotatable bonds is 6. The molecule has 0 bridgehead atoms. The van der Waals surface area contributed by atoms with E-state index in [0.29, 0.717) is 28.6 Å². The number of aliphatic imine (C=N–C) groups is 1. The normalized spacial score (nSPS) is 13.2. The Morgan fingerprint density at radius 1 is 1.19 bits per heavy atom. The lowest BCUT2D eigenvalue weighted by atomic mass is 10.1. The molecule has 0 radical (unpaired) electrons. The van der Waals surface area contributed by atoms with Crippen LogP contribution in [0.15, 0.2) is 71.1 Å². The molecule has 162 valence electrons. The van der Waals surface area contributed by atoms with Crippen LogP contribution in [0.4, 0.5) is 15.9 Å². The van der Waals surface area contributed by atoms with E-state index in [4.69, 9.17) is 23.2 Å². The van der Waals surface area contributed by atoms with Crippen molar-refractivity contribution in [3.63, 3.8) is 0 Å². The molecule has 0 amide bonds. The van der Waals surface area contributed by atoms with Crippen LogP contribution in [0.3, 0.4) is 0 Å². The Morgan fingerprint density at radius 3 is 2.62 bits per heavy atom. The lowest BCUT2D eigenvalue weighted by Gasteiger charge is -2.17. The minimum Gasteiger partial charge on any atom is -0.383 e. The van der Waals surface area contributed by atoms with Crippen molar-refractivity contribution in [2.75, 3.05) is 5.73 Å². The van der Waals surface area contributed by atoms with Gasteiger partial charge in [-0.05, 0) is 36.2 Å². The summed E-state index contributed by atoms with van der Waals surface area (Å²) in [6.07, 6.45) is 5.46. The van der Waals surface area contributed by atoms with Gasteiger partial charge in [0.1, 0.15) is 29.3 Å². The molecular weight excluding hydrogens is 429 g/mol. The Bertz CT molecular complexity index is 1310. The molecule has 0 saturated heterocycles. The highest BCUT2D eigenvalue weighted by molar-refractivity contribution is 6.33. The average Bonchev–Trinajstić information content (AvgIpc) is 3.19. The summed E-state index contributed by atoms with van der Waals surface area (Å²) in [5.41, 5.74) is 9.30. The monoisotopic (exact) mass is 449 g/mol. The number of anilines is 1. The van der Waals surface area contributed by atoms with Crippen LogP contribution >= 0.6 is 11.6 Å². The number of nitrogen functional groups attached to an aromatic ring is 1. The molecule has 32 heavy (non-hydrogen) atoms. The van der Waals surface area contributed by atoms with E-state index in [1.807, 2.05) is 42.0 Å². The van der Waals surface area contributed by atoms with Crippen molar-refractivity contribution in [1.29, 1.82) is 0 Å². The van der Waals surface area contributed by atoms with Gasteiger partial charge in [0.15, 0.2) is 0 Å². The van der Waals surface area contributed by atoms with Crippen LogP contribution in [-0.4, -0.2) is 26.5 Å². The zero-order valence-electron chi connectivity index (χ0n) is 17.3. The first-order chi connectivity index (χ1) is 15.5. The number of nitrogens with zero attached hydrogens (tertiary/aromatic N) is 5. The lowest BCUT2D eigenvalue weighted by Crippen LogP contribution is -2.21. The molecule has 4 N–H and O–H groups in total. The van der Waals surface area contributed by atoms with Gasteiger partial charge in [-0.3, -0.25) is 4.99 Å².